The number of urea groups is 1. The monoisotopic (exact) mass is 266 g/mol. The second-order valence-electron chi connectivity index (χ2n) is 5.32. The molecule has 0 aromatic heterocycles. The lowest BCUT2D eigenvalue weighted by Crippen LogP contribution is -2.35. The highest BCUT2D eigenvalue weighted by molar-refractivity contribution is 5.89. The Morgan fingerprint density at radius 2 is 1.55 bits per heavy atom. The first-order chi connectivity index (χ1) is 9.78. The lowest BCUT2D eigenvalue weighted by atomic mass is 9.96. The fourth-order valence-electron chi connectivity index (χ4n) is 2.46. The molecule has 1 aliphatic rings. The molecule has 0 saturated heterocycles. The molecule has 1 aliphatic carbocycles. The van der Waals surface area contributed by atoms with Crippen molar-refractivity contribution in [2.75, 3.05) is 11.9 Å². The molecule has 0 unspecified atom stereocenters. The summed E-state index contributed by atoms with van der Waals surface area (Å²) < 4.78 is 0. The number of anilines is 1. The van der Waals surface area contributed by atoms with Crippen molar-refractivity contribution in [1.29, 1.82) is 0 Å². The van der Waals surface area contributed by atoms with Crippen LogP contribution in [0.5, 0.6) is 0 Å². The minimum atomic E-state index is -0.140. The van der Waals surface area contributed by atoms with Gasteiger partial charge in [0.25, 0.3) is 0 Å². The molecule has 2 aromatic carbocycles. The standard InChI is InChI=1S/C17H18N2O/c20-16(19-15-9-5-2-6-10-15)18-13-17(11-12-17)14-7-3-1-4-8-14/h1-10H,11-13H2,(H2,18,19,20). The van der Waals surface area contributed by atoms with E-state index in [9.17, 15) is 4.79 Å². The summed E-state index contributed by atoms with van der Waals surface area (Å²) in [6, 6.07) is 19.8. The molecule has 2 amide bonds. The van der Waals surface area contributed by atoms with E-state index >= 15 is 0 Å². The molecule has 102 valence electrons. The van der Waals surface area contributed by atoms with E-state index in [1.807, 2.05) is 36.4 Å². The lowest BCUT2D eigenvalue weighted by molar-refractivity contribution is 0.251. The van der Waals surface area contributed by atoms with Crippen LogP contribution in [0.25, 0.3) is 0 Å². The van der Waals surface area contributed by atoms with E-state index in [0.717, 1.165) is 18.5 Å². The molecule has 3 heteroatoms. The molecule has 0 aliphatic heterocycles. The van der Waals surface area contributed by atoms with E-state index < -0.39 is 0 Å². The van der Waals surface area contributed by atoms with E-state index in [-0.39, 0.29) is 11.4 Å². The summed E-state index contributed by atoms with van der Waals surface area (Å²) in [5.41, 5.74) is 2.28. The van der Waals surface area contributed by atoms with Gasteiger partial charge in [0, 0.05) is 17.6 Å². The number of para-hydroxylation sites is 1. The smallest absolute Gasteiger partial charge is 0.319 e. The SMILES string of the molecule is O=C(NCC1(c2ccccc2)CC1)Nc1ccccc1. The van der Waals surface area contributed by atoms with Gasteiger partial charge in [-0.1, -0.05) is 48.5 Å². The largest absolute Gasteiger partial charge is 0.337 e. The third-order valence-corrected chi connectivity index (χ3v) is 3.86. The van der Waals surface area contributed by atoms with E-state index in [1.54, 1.807) is 0 Å². The first kappa shape index (κ1) is 12.7. The van der Waals surface area contributed by atoms with Crippen molar-refractivity contribution in [3.8, 4) is 0 Å². The Hall–Kier alpha value is -2.29. The second-order valence-corrected chi connectivity index (χ2v) is 5.32. The first-order valence-corrected chi connectivity index (χ1v) is 6.94. The number of carbonyl (C=O) groups excluding carboxylic acids is 1. The Balaban J connectivity index is 1.56. The van der Waals surface area contributed by atoms with Gasteiger partial charge in [-0.25, -0.2) is 4.79 Å². The summed E-state index contributed by atoms with van der Waals surface area (Å²) >= 11 is 0. The molecule has 0 heterocycles. The van der Waals surface area contributed by atoms with Crippen LogP contribution >= 0.6 is 0 Å². The molecular formula is C17H18N2O. The predicted octanol–water partition coefficient (Wildman–Crippen LogP) is 3.54. The maximum atomic E-state index is 11.9. The number of benzene rings is 2. The van der Waals surface area contributed by atoms with E-state index in [2.05, 4.69) is 34.9 Å². The van der Waals surface area contributed by atoms with Crippen LogP contribution in [-0.2, 0) is 5.41 Å². The molecule has 1 fully saturated rings. The van der Waals surface area contributed by atoms with Gasteiger partial charge in [-0.3, -0.25) is 0 Å². The average Bonchev–Trinajstić information content (AvgIpc) is 3.28. The Morgan fingerprint density at radius 3 is 2.15 bits per heavy atom. The summed E-state index contributed by atoms with van der Waals surface area (Å²) in [4.78, 5) is 11.9. The van der Waals surface area contributed by atoms with Crippen molar-refractivity contribution in [3.05, 3.63) is 66.2 Å². The van der Waals surface area contributed by atoms with Gasteiger partial charge in [0.2, 0.25) is 0 Å². The van der Waals surface area contributed by atoms with E-state index in [1.165, 1.54) is 5.56 Å². The minimum absolute atomic E-state index is 0.140. The van der Waals surface area contributed by atoms with Gasteiger partial charge in [-0.05, 0) is 30.5 Å². The van der Waals surface area contributed by atoms with Crippen LogP contribution in [0.4, 0.5) is 10.5 Å². The van der Waals surface area contributed by atoms with Crippen molar-refractivity contribution in [2.45, 2.75) is 18.3 Å². The fourth-order valence-corrected chi connectivity index (χ4v) is 2.46. The van der Waals surface area contributed by atoms with Gasteiger partial charge in [-0.15, -0.1) is 0 Å². The van der Waals surface area contributed by atoms with Crippen molar-refractivity contribution >= 4 is 11.7 Å². The lowest BCUT2D eigenvalue weighted by Gasteiger charge is -2.17. The Bertz CT molecular complexity index is 576. The highest BCUT2D eigenvalue weighted by Gasteiger charge is 2.44. The summed E-state index contributed by atoms with van der Waals surface area (Å²) in [5, 5.41) is 5.83. The summed E-state index contributed by atoms with van der Waals surface area (Å²) in [7, 11) is 0. The van der Waals surface area contributed by atoms with Crippen molar-refractivity contribution in [2.24, 2.45) is 0 Å². The van der Waals surface area contributed by atoms with Crippen LogP contribution in [0.1, 0.15) is 18.4 Å². The molecular weight excluding hydrogens is 248 g/mol. The van der Waals surface area contributed by atoms with Gasteiger partial charge in [0.15, 0.2) is 0 Å². The van der Waals surface area contributed by atoms with Crippen LogP contribution in [0, 0.1) is 0 Å². The Kier molecular flexibility index (Phi) is 3.42. The van der Waals surface area contributed by atoms with Crippen molar-refractivity contribution in [1.82, 2.24) is 5.32 Å². The predicted molar refractivity (Wildman–Crippen MR) is 80.8 cm³/mol. The van der Waals surface area contributed by atoms with Crippen LogP contribution in [0.15, 0.2) is 60.7 Å². The van der Waals surface area contributed by atoms with Gasteiger partial charge in [0.1, 0.15) is 0 Å². The second kappa shape index (κ2) is 5.37. The summed E-state index contributed by atoms with van der Waals surface area (Å²) in [6.07, 6.45) is 2.28. The number of amides is 2. The Labute approximate surface area is 119 Å². The average molecular weight is 266 g/mol. The number of hydrogen-bond donors (Lipinski definition) is 2. The maximum Gasteiger partial charge on any atom is 0.319 e. The zero-order valence-corrected chi connectivity index (χ0v) is 11.3. The van der Waals surface area contributed by atoms with Gasteiger partial charge in [-0.2, -0.15) is 0 Å². The van der Waals surface area contributed by atoms with Gasteiger partial charge < -0.3 is 10.6 Å². The summed E-state index contributed by atoms with van der Waals surface area (Å²) in [6.45, 7) is 0.690. The highest BCUT2D eigenvalue weighted by atomic mass is 16.2. The number of carbonyl (C=O) groups is 1. The number of rotatable bonds is 4. The fraction of sp³-hybridized carbons (Fsp3) is 0.235. The molecule has 2 aromatic rings. The molecule has 1 saturated carbocycles. The molecule has 3 rings (SSSR count). The van der Waals surface area contributed by atoms with Gasteiger partial charge in [0.05, 0.1) is 0 Å². The van der Waals surface area contributed by atoms with E-state index in [4.69, 9.17) is 0 Å². The molecule has 0 bridgehead atoms. The maximum absolute atomic E-state index is 11.9. The van der Waals surface area contributed by atoms with Gasteiger partial charge >= 0.3 is 6.03 Å². The summed E-state index contributed by atoms with van der Waals surface area (Å²) in [5.74, 6) is 0. The molecule has 20 heavy (non-hydrogen) atoms. The normalized spacial score (nSPS) is 15.4. The molecule has 0 atom stereocenters. The van der Waals surface area contributed by atoms with Crippen molar-refractivity contribution in [3.63, 3.8) is 0 Å². The van der Waals surface area contributed by atoms with Crippen molar-refractivity contribution < 1.29 is 4.79 Å². The molecule has 2 N–H and O–H groups in total. The molecule has 0 radical (unpaired) electrons. The van der Waals surface area contributed by atoms with Crippen LogP contribution in [0.3, 0.4) is 0 Å². The van der Waals surface area contributed by atoms with Crippen LogP contribution in [0.2, 0.25) is 0 Å². The minimum Gasteiger partial charge on any atom is -0.337 e. The third kappa shape index (κ3) is 2.82. The zero-order valence-electron chi connectivity index (χ0n) is 11.3. The molecule has 3 nitrogen and oxygen atoms in total. The van der Waals surface area contributed by atoms with E-state index in [0.29, 0.717) is 6.54 Å². The third-order valence-electron chi connectivity index (χ3n) is 3.86. The van der Waals surface area contributed by atoms with Crippen LogP contribution in [-0.4, -0.2) is 12.6 Å². The first-order valence-electron chi connectivity index (χ1n) is 6.94. The number of nitrogens with one attached hydrogen (secondary N) is 2. The Morgan fingerprint density at radius 1 is 0.950 bits per heavy atom. The quantitative estimate of drug-likeness (QED) is 0.873. The number of hydrogen-bond acceptors (Lipinski definition) is 1. The zero-order chi connectivity index (χ0) is 13.8. The highest BCUT2D eigenvalue weighted by Crippen LogP contribution is 2.47. The van der Waals surface area contributed by atoms with Crippen LogP contribution < -0.4 is 10.6 Å². The molecule has 0 spiro atoms. The topological polar surface area (TPSA) is 41.1 Å².